The van der Waals surface area contributed by atoms with Gasteiger partial charge in [-0.25, -0.2) is 9.37 Å². The van der Waals surface area contributed by atoms with Crippen LogP contribution < -0.4 is 15.0 Å². The summed E-state index contributed by atoms with van der Waals surface area (Å²) in [5.41, 5.74) is 1.83. The summed E-state index contributed by atoms with van der Waals surface area (Å²) >= 11 is 0. The Morgan fingerprint density at radius 1 is 1.33 bits per heavy atom. The van der Waals surface area contributed by atoms with Crippen molar-refractivity contribution in [1.29, 1.82) is 0 Å². The number of nitrogens with zero attached hydrogens (tertiary/aromatic N) is 2. The van der Waals surface area contributed by atoms with Gasteiger partial charge in [-0.1, -0.05) is 12.1 Å². The molecule has 0 aliphatic heterocycles. The number of ether oxygens (including phenoxy) is 1. The number of halogens is 1. The van der Waals surface area contributed by atoms with Crippen molar-refractivity contribution < 1.29 is 9.13 Å². The molecule has 1 aromatic heterocycles. The smallest absolute Gasteiger partial charge is 0.132 e. The van der Waals surface area contributed by atoms with Gasteiger partial charge in [0.2, 0.25) is 0 Å². The van der Waals surface area contributed by atoms with E-state index < -0.39 is 0 Å². The van der Waals surface area contributed by atoms with E-state index in [1.165, 1.54) is 6.07 Å². The first-order chi connectivity index (χ1) is 11.6. The van der Waals surface area contributed by atoms with Crippen LogP contribution in [-0.2, 0) is 6.54 Å². The molecule has 24 heavy (non-hydrogen) atoms. The molecule has 1 unspecified atom stereocenters. The number of methoxy groups -OCH3 is 1. The molecule has 1 N–H and O–H groups in total. The van der Waals surface area contributed by atoms with Crippen molar-refractivity contribution in [2.75, 3.05) is 26.1 Å². The van der Waals surface area contributed by atoms with Crippen molar-refractivity contribution >= 4 is 5.82 Å². The lowest BCUT2D eigenvalue weighted by molar-refractivity contribution is 0.406. The monoisotopic (exact) mass is 329 g/mol. The molecule has 1 atom stereocenters. The van der Waals surface area contributed by atoms with Gasteiger partial charge in [0.1, 0.15) is 17.4 Å². The van der Waals surface area contributed by atoms with Crippen LogP contribution >= 0.6 is 0 Å². The molecule has 0 radical (unpaired) electrons. The maximum absolute atomic E-state index is 14.5. The molecule has 0 amide bonds. The standard InChI is InChI=1S/C19H24FN3O/c1-23(2)19-14(5-4-10-21-19)12-22-18(13-6-7-13)16-9-8-15(24-3)11-17(16)20/h4-5,8-11,13,18,22H,6-7,12H2,1-3H3. The summed E-state index contributed by atoms with van der Waals surface area (Å²) in [6, 6.07) is 9.13. The van der Waals surface area contributed by atoms with Gasteiger partial charge in [-0.05, 0) is 30.9 Å². The van der Waals surface area contributed by atoms with Crippen LogP contribution in [0.4, 0.5) is 10.2 Å². The third-order valence-corrected chi connectivity index (χ3v) is 4.44. The Hall–Kier alpha value is -2.14. The fourth-order valence-electron chi connectivity index (χ4n) is 3.04. The highest BCUT2D eigenvalue weighted by atomic mass is 19.1. The Morgan fingerprint density at radius 2 is 2.12 bits per heavy atom. The highest BCUT2D eigenvalue weighted by Gasteiger charge is 2.33. The van der Waals surface area contributed by atoms with E-state index in [2.05, 4.69) is 16.4 Å². The Kier molecular flexibility index (Phi) is 5.00. The van der Waals surface area contributed by atoms with Crippen LogP contribution in [0.15, 0.2) is 36.5 Å². The molecule has 0 saturated heterocycles. The molecule has 2 aromatic rings. The summed E-state index contributed by atoms with van der Waals surface area (Å²) < 4.78 is 19.6. The first-order valence-corrected chi connectivity index (χ1v) is 8.28. The molecule has 1 heterocycles. The maximum Gasteiger partial charge on any atom is 0.132 e. The molecule has 5 heteroatoms. The summed E-state index contributed by atoms with van der Waals surface area (Å²) in [4.78, 5) is 6.42. The first kappa shape index (κ1) is 16.7. The van der Waals surface area contributed by atoms with Gasteiger partial charge < -0.3 is 15.0 Å². The molecular weight excluding hydrogens is 305 g/mol. The zero-order valence-electron chi connectivity index (χ0n) is 14.4. The van der Waals surface area contributed by atoms with Gasteiger partial charge in [0.25, 0.3) is 0 Å². The molecule has 3 rings (SSSR count). The highest BCUT2D eigenvalue weighted by Crippen LogP contribution is 2.42. The number of nitrogens with one attached hydrogen (secondary N) is 1. The van der Waals surface area contributed by atoms with Gasteiger partial charge in [0, 0.05) is 50.1 Å². The number of pyridine rings is 1. The second-order valence-corrected chi connectivity index (χ2v) is 6.46. The van der Waals surface area contributed by atoms with Gasteiger partial charge in [-0.2, -0.15) is 0 Å². The van der Waals surface area contributed by atoms with Crippen molar-refractivity contribution in [3.8, 4) is 5.75 Å². The number of rotatable bonds is 7. The van der Waals surface area contributed by atoms with Crippen LogP contribution in [0.2, 0.25) is 0 Å². The summed E-state index contributed by atoms with van der Waals surface area (Å²) in [6.07, 6.45) is 4.06. The summed E-state index contributed by atoms with van der Waals surface area (Å²) in [5.74, 6) is 1.77. The van der Waals surface area contributed by atoms with Crippen molar-refractivity contribution in [1.82, 2.24) is 10.3 Å². The van der Waals surface area contributed by atoms with Crippen LogP contribution in [0.25, 0.3) is 0 Å². The minimum atomic E-state index is -0.210. The molecular formula is C19H24FN3O. The van der Waals surface area contributed by atoms with Crippen LogP contribution in [0.5, 0.6) is 5.75 Å². The molecule has 1 aromatic carbocycles. The molecule has 128 valence electrons. The molecule has 1 saturated carbocycles. The minimum Gasteiger partial charge on any atom is -0.497 e. The van der Waals surface area contributed by atoms with Crippen LogP contribution in [0.1, 0.15) is 30.0 Å². The maximum atomic E-state index is 14.5. The van der Waals surface area contributed by atoms with E-state index in [1.54, 1.807) is 13.3 Å². The average Bonchev–Trinajstić information content (AvgIpc) is 3.41. The van der Waals surface area contributed by atoms with Crippen LogP contribution in [0.3, 0.4) is 0 Å². The lowest BCUT2D eigenvalue weighted by Crippen LogP contribution is -2.25. The Balaban J connectivity index is 1.79. The van der Waals surface area contributed by atoms with Gasteiger partial charge in [-0.15, -0.1) is 0 Å². The van der Waals surface area contributed by atoms with E-state index in [0.29, 0.717) is 23.8 Å². The second-order valence-electron chi connectivity index (χ2n) is 6.46. The zero-order chi connectivity index (χ0) is 17.1. The largest absolute Gasteiger partial charge is 0.497 e. The molecule has 4 nitrogen and oxygen atoms in total. The van der Waals surface area contributed by atoms with E-state index in [9.17, 15) is 4.39 Å². The summed E-state index contributed by atoms with van der Waals surface area (Å²) in [5, 5.41) is 3.54. The normalized spacial score (nSPS) is 15.2. The van der Waals surface area contributed by atoms with E-state index in [1.807, 2.05) is 37.2 Å². The van der Waals surface area contributed by atoms with Crippen molar-refractivity contribution in [2.45, 2.75) is 25.4 Å². The molecule has 1 aliphatic rings. The first-order valence-electron chi connectivity index (χ1n) is 8.28. The highest BCUT2D eigenvalue weighted by molar-refractivity contribution is 5.45. The number of benzene rings is 1. The third kappa shape index (κ3) is 3.67. The molecule has 0 spiro atoms. The molecule has 0 bridgehead atoms. The van der Waals surface area contributed by atoms with Crippen LogP contribution in [-0.4, -0.2) is 26.2 Å². The summed E-state index contributed by atoms with van der Waals surface area (Å²) in [6.45, 7) is 0.661. The average molecular weight is 329 g/mol. The predicted octanol–water partition coefficient (Wildman–Crippen LogP) is 3.54. The third-order valence-electron chi connectivity index (χ3n) is 4.44. The fourth-order valence-corrected chi connectivity index (χ4v) is 3.04. The van der Waals surface area contributed by atoms with E-state index in [-0.39, 0.29) is 11.9 Å². The van der Waals surface area contributed by atoms with Gasteiger partial charge in [0.15, 0.2) is 0 Å². The number of hydrogen-bond donors (Lipinski definition) is 1. The minimum absolute atomic E-state index is 0.0196. The summed E-state index contributed by atoms with van der Waals surface area (Å²) in [7, 11) is 5.51. The van der Waals surface area contributed by atoms with Crippen LogP contribution in [0, 0.1) is 11.7 Å². The SMILES string of the molecule is COc1ccc(C(NCc2cccnc2N(C)C)C2CC2)c(F)c1. The molecule has 1 fully saturated rings. The van der Waals surface area contributed by atoms with Crippen molar-refractivity contribution in [2.24, 2.45) is 5.92 Å². The zero-order valence-corrected chi connectivity index (χ0v) is 14.4. The van der Waals surface area contributed by atoms with E-state index >= 15 is 0 Å². The topological polar surface area (TPSA) is 37.4 Å². The lowest BCUT2D eigenvalue weighted by Gasteiger charge is -2.22. The number of anilines is 1. The molecule has 1 aliphatic carbocycles. The van der Waals surface area contributed by atoms with E-state index in [4.69, 9.17) is 4.74 Å². The number of hydrogen-bond acceptors (Lipinski definition) is 4. The van der Waals surface area contributed by atoms with Gasteiger partial charge in [0.05, 0.1) is 7.11 Å². The fraction of sp³-hybridized carbons (Fsp3) is 0.421. The van der Waals surface area contributed by atoms with Gasteiger partial charge in [-0.3, -0.25) is 0 Å². The second kappa shape index (κ2) is 7.18. The van der Waals surface area contributed by atoms with Crippen molar-refractivity contribution in [3.05, 3.63) is 53.5 Å². The van der Waals surface area contributed by atoms with Gasteiger partial charge >= 0.3 is 0 Å². The van der Waals surface area contributed by atoms with E-state index in [0.717, 1.165) is 24.2 Å². The lowest BCUT2D eigenvalue weighted by atomic mass is 10.0. The Morgan fingerprint density at radius 3 is 2.75 bits per heavy atom. The Bertz CT molecular complexity index is 701. The quantitative estimate of drug-likeness (QED) is 0.843. The Labute approximate surface area is 142 Å². The predicted molar refractivity (Wildman–Crippen MR) is 93.8 cm³/mol. The van der Waals surface area contributed by atoms with Crippen molar-refractivity contribution in [3.63, 3.8) is 0 Å². The number of aromatic nitrogens is 1.